The molecule has 120 valence electrons. The smallest absolute Gasteiger partial charge is 0.139 e. The quantitative estimate of drug-likeness (QED) is 0.793. The fourth-order valence-corrected chi connectivity index (χ4v) is 6.52. The predicted octanol–water partition coefficient (Wildman–Crippen LogP) is 4.05. The number of carbonyl (C=O) groups is 1. The predicted molar refractivity (Wildman–Crippen MR) is 87.3 cm³/mol. The number of hydrogen-bond donors (Lipinski definition) is 1. The van der Waals surface area contributed by atoms with Gasteiger partial charge in [-0.1, -0.05) is 30.7 Å². The van der Waals surface area contributed by atoms with Gasteiger partial charge in [0.15, 0.2) is 0 Å². The van der Waals surface area contributed by atoms with Gasteiger partial charge in [-0.05, 0) is 62.7 Å². The van der Waals surface area contributed by atoms with Gasteiger partial charge in [-0.15, -0.1) is 0 Å². The molecule has 1 N–H and O–H groups in total. The Morgan fingerprint density at radius 2 is 2.00 bits per heavy atom. The lowest BCUT2D eigenvalue weighted by atomic mass is 9.47. The van der Waals surface area contributed by atoms with Gasteiger partial charge < -0.3 is 5.11 Å². The molecule has 0 saturated heterocycles. The van der Waals surface area contributed by atoms with E-state index >= 15 is 0 Å². The zero-order valence-corrected chi connectivity index (χ0v) is 13.7. The molecule has 0 bridgehead atoms. The zero-order chi connectivity index (χ0) is 15.5. The molecule has 0 radical (unpaired) electrons. The van der Waals surface area contributed by atoms with Gasteiger partial charge in [0, 0.05) is 17.3 Å². The Kier molecular flexibility index (Phi) is 3.21. The van der Waals surface area contributed by atoms with Gasteiger partial charge in [0.2, 0.25) is 0 Å². The summed E-state index contributed by atoms with van der Waals surface area (Å²) >= 11 is 0. The standard InChI is InChI=1S/C20H28O2/c1-13-7-10-20(12-21)14(11-13)3-4-15-16-5-6-18(22)19(16,2)9-8-17(15)20/h11,15-17,21H,1,3-10,12H2,2H3/t15-,16-,17+,19-,20+/m0/s1. The molecule has 4 aliphatic rings. The van der Waals surface area contributed by atoms with Crippen LogP contribution >= 0.6 is 0 Å². The molecule has 3 saturated carbocycles. The number of fused-ring (bicyclic) bond motifs is 5. The second kappa shape index (κ2) is 4.80. The molecule has 3 fully saturated rings. The van der Waals surface area contributed by atoms with Crippen molar-refractivity contribution in [1.82, 2.24) is 0 Å². The first-order valence-electron chi connectivity index (χ1n) is 9.04. The third-order valence-corrected chi connectivity index (χ3v) is 7.80. The molecular weight excluding hydrogens is 272 g/mol. The highest BCUT2D eigenvalue weighted by Crippen LogP contribution is 2.64. The summed E-state index contributed by atoms with van der Waals surface area (Å²) in [5, 5.41) is 10.3. The van der Waals surface area contributed by atoms with Crippen LogP contribution in [0.2, 0.25) is 0 Å². The monoisotopic (exact) mass is 300 g/mol. The maximum Gasteiger partial charge on any atom is 0.139 e. The molecule has 2 nitrogen and oxygen atoms in total. The van der Waals surface area contributed by atoms with Crippen molar-refractivity contribution in [3.05, 3.63) is 23.8 Å². The first-order chi connectivity index (χ1) is 10.5. The molecule has 0 aliphatic heterocycles. The summed E-state index contributed by atoms with van der Waals surface area (Å²) in [6.45, 7) is 6.65. The van der Waals surface area contributed by atoms with Gasteiger partial charge in [-0.25, -0.2) is 0 Å². The number of hydrogen-bond acceptors (Lipinski definition) is 2. The average molecular weight is 300 g/mol. The maximum atomic E-state index is 12.4. The molecule has 5 atom stereocenters. The number of aliphatic hydroxyl groups is 1. The Bertz CT molecular complexity index is 560. The van der Waals surface area contributed by atoms with Gasteiger partial charge in [-0.3, -0.25) is 4.79 Å². The molecule has 0 aromatic heterocycles. The number of Topliss-reactive ketones (excluding diaryl/α,β-unsaturated/α-hetero) is 1. The van der Waals surface area contributed by atoms with Crippen molar-refractivity contribution >= 4 is 5.78 Å². The van der Waals surface area contributed by atoms with E-state index in [4.69, 9.17) is 0 Å². The lowest BCUT2D eigenvalue weighted by Crippen LogP contribution is -2.52. The van der Waals surface area contributed by atoms with Crippen molar-refractivity contribution in [1.29, 1.82) is 0 Å². The molecule has 0 aromatic rings. The minimum Gasteiger partial charge on any atom is -0.395 e. The maximum absolute atomic E-state index is 12.4. The van der Waals surface area contributed by atoms with E-state index in [1.807, 2.05) is 0 Å². The normalized spacial score (nSPS) is 47.5. The van der Waals surface area contributed by atoms with Crippen molar-refractivity contribution in [2.45, 2.75) is 58.3 Å². The van der Waals surface area contributed by atoms with Crippen LogP contribution in [-0.2, 0) is 4.79 Å². The zero-order valence-electron chi connectivity index (χ0n) is 13.7. The lowest BCUT2D eigenvalue weighted by Gasteiger charge is -2.57. The van der Waals surface area contributed by atoms with Crippen LogP contribution < -0.4 is 0 Å². The average Bonchev–Trinajstić information content (AvgIpc) is 2.82. The Balaban J connectivity index is 1.73. The molecule has 0 unspecified atom stereocenters. The van der Waals surface area contributed by atoms with Crippen LogP contribution in [0.4, 0.5) is 0 Å². The van der Waals surface area contributed by atoms with Gasteiger partial charge in [0.25, 0.3) is 0 Å². The number of aliphatic hydroxyl groups excluding tert-OH is 1. The Morgan fingerprint density at radius 1 is 1.18 bits per heavy atom. The molecule has 4 rings (SSSR count). The van der Waals surface area contributed by atoms with E-state index in [1.54, 1.807) is 0 Å². The number of allylic oxidation sites excluding steroid dienone is 2. The first-order valence-corrected chi connectivity index (χ1v) is 9.04. The lowest BCUT2D eigenvalue weighted by molar-refractivity contribution is -0.133. The van der Waals surface area contributed by atoms with E-state index in [-0.39, 0.29) is 17.4 Å². The molecule has 0 heterocycles. The minimum absolute atomic E-state index is 0.00290. The molecule has 22 heavy (non-hydrogen) atoms. The minimum atomic E-state index is -0.0582. The Morgan fingerprint density at radius 3 is 2.77 bits per heavy atom. The van der Waals surface area contributed by atoms with Crippen LogP contribution in [0, 0.1) is 28.6 Å². The van der Waals surface area contributed by atoms with Crippen molar-refractivity contribution in [2.75, 3.05) is 6.61 Å². The summed E-state index contributed by atoms with van der Waals surface area (Å²) in [6, 6.07) is 0. The molecule has 4 aliphatic carbocycles. The van der Waals surface area contributed by atoms with Crippen LogP contribution in [0.3, 0.4) is 0 Å². The van der Waals surface area contributed by atoms with Gasteiger partial charge in [0.1, 0.15) is 5.78 Å². The largest absolute Gasteiger partial charge is 0.395 e. The van der Waals surface area contributed by atoms with E-state index in [1.165, 1.54) is 17.6 Å². The number of rotatable bonds is 1. The van der Waals surface area contributed by atoms with Crippen LogP contribution in [0.1, 0.15) is 58.3 Å². The third kappa shape index (κ3) is 1.73. The topological polar surface area (TPSA) is 37.3 Å². The SMILES string of the molecule is C=C1C=C2CC[C@@H]3[C@@H](CC[C@]4(C)C(=O)CC[C@@H]34)[C@@]2(CO)CC1. The fourth-order valence-electron chi connectivity index (χ4n) is 6.52. The van der Waals surface area contributed by atoms with Crippen molar-refractivity contribution in [3.8, 4) is 0 Å². The molecule has 0 amide bonds. The molecule has 2 heteroatoms. The van der Waals surface area contributed by atoms with Gasteiger partial charge >= 0.3 is 0 Å². The van der Waals surface area contributed by atoms with E-state index in [0.29, 0.717) is 23.5 Å². The highest BCUT2D eigenvalue weighted by atomic mass is 16.3. The summed E-state index contributed by atoms with van der Waals surface area (Å²) in [4.78, 5) is 12.4. The van der Waals surface area contributed by atoms with Gasteiger partial charge in [-0.2, -0.15) is 0 Å². The van der Waals surface area contributed by atoms with E-state index in [0.717, 1.165) is 44.9 Å². The van der Waals surface area contributed by atoms with E-state index < -0.39 is 0 Å². The van der Waals surface area contributed by atoms with Crippen LogP contribution in [0.5, 0.6) is 0 Å². The summed E-state index contributed by atoms with van der Waals surface area (Å²) in [5.74, 6) is 2.29. The van der Waals surface area contributed by atoms with Crippen molar-refractivity contribution in [2.24, 2.45) is 28.6 Å². The highest BCUT2D eigenvalue weighted by molar-refractivity contribution is 5.87. The van der Waals surface area contributed by atoms with E-state index in [9.17, 15) is 9.90 Å². The van der Waals surface area contributed by atoms with E-state index in [2.05, 4.69) is 19.6 Å². The van der Waals surface area contributed by atoms with Crippen LogP contribution in [0.15, 0.2) is 23.8 Å². The van der Waals surface area contributed by atoms with Crippen LogP contribution in [-0.4, -0.2) is 17.5 Å². The summed E-state index contributed by atoms with van der Waals surface area (Å²) < 4.78 is 0. The van der Waals surface area contributed by atoms with Crippen molar-refractivity contribution in [3.63, 3.8) is 0 Å². The Labute approximate surface area is 133 Å². The summed E-state index contributed by atoms with van der Waals surface area (Å²) in [7, 11) is 0. The fraction of sp³-hybridized carbons (Fsp3) is 0.750. The second-order valence-corrected chi connectivity index (χ2v) is 8.48. The molecule has 0 aromatic carbocycles. The number of carbonyl (C=O) groups excluding carboxylic acids is 1. The third-order valence-electron chi connectivity index (χ3n) is 7.80. The Hall–Kier alpha value is -0.890. The summed E-state index contributed by atoms with van der Waals surface area (Å²) in [6.07, 6.45) is 10.7. The van der Waals surface area contributed by atoms with Crippen molar-refractivity contribution < 1.29 is 9.90 Å². The second-order valence-electron chi connectivity index (χ2n) is 8.48. The molecule has 0 spiro atoms. The highest BCUT2D eigenvalue weighted by Gasteiger charge is 2.59. The van der Waals surface area contributed by atoms with Gasteiger partial charge in [0.05, 0.1) is 6.61 Å². The van der Waals surface area contributed by atoms with Crippen LogP contribution in [0.25, 0.3) is 0 Å². The molecular formula is C20H28O2. The first kappa shape index (κ1) is 14.7. The summed E-state index contributed by atoms with van der Waals surface area (Å²) in [5.41, 5.74) is 2.63. The number of ketones is 1.